The van der Waals surface area contributed by atoms with Gasteiger partial charge in [-0.1, -0.05) is 26.0 Å². The first kappa shape index (κ1) is 10.2. The average molecular weight is 151 g/mol. The number of rotatable bonds is 4. The lowest BCUT2D eigenvalue weighted by Gasteiger charge is -1.86. The number of nitrogens with zero attached hydrogens (tertiary/aromatic N) is 1. The van der Waals surface area contributed by atoms with E-state index in [0.29, 0.717) is 0 Å². The highest BCUT2D eigenvalue weighted by Crippen LogP contribution is 1.91. The van der Waals surface area contributed by atoms with Crippen molar-refractivity contribution in [1.29, 1.82) is 0 Å². The molecule has 0 aliphatic carbocycles. The van der Waals surface area contributed by atoms with Gasteiger partial charge in [0.1, 0.15) is 0 Å². The van der Waals surface area contributed by atoms with Gasteiger partial charge in [-0.15, -0.1) is 0 Å². The maximum absolute atomic E-state index is 4.11. The molecule has 0 saturated carbocycles. The molecule has 0 fully saturated rings. The zero-order chi connectivity index (χ0) is 8.53. The number of hydrogen-bond acceptors (Lipinski definition) is 1. The molecule has 0 amide bonds. The van der Waals surface area contributed by atoms with Crippen LogP contribution >= 0.6 is 0 Å². The Hall–Kier alpha value is -0.850. The molecular weight excluding hydrogens is 134 g/mol. The predicted octanol–water partition coefficient (Wildman–Crippen LogP) is 3.34. The van der Waals surface area contributed by atoms with Gasteiger partial charge in [0, 0.05) is 12.4 Å². The van der Waals surface area contributed by atoms with E-state index >= 15 is 0 Å². The standard InChI is InChI=1S/C10H17N/c1-4-6-8-11-9-10(3)7-5-2/h6-9H,4-5H2,1-3H3/b8-6-,10-7-,11-9-. The van der Waals surface area contributed by atoms with Crippen molar-refractivity contribution in [2.75, 3.05) is 0 Å². The fourth-order valence-corrected chi connectivity index (χ4v) is 0.702. The topological polar surface area (TPSA) is 12.4 Å². The third-order valence-corrected chi connectivity index (χ3v) is 1.23. The lowest BCUT2D eigenvalue weighted by atomic mass is 10.3. The van der Waals surface area contributed by atoms with E-state index in [2.05, 4.69) is 31.8 Å². The smallest absolute Gasteiger partial charge is 0.0293 e. The zero-order valence-corrected chi connectivity index (χ0v) is 7.67. The average Bonchev–Trinajstić information content (AvgIpc) is 1.99. The second kappa shape index (κ2) is 7.26. The third-order valence-electron chi connectivity index (χ3n) is 1.23. The molecule has 0 bridgehead atoms. The van der Waals surface area contributed by atoms with Crippen LogP contribution in [0.3, 0.4) is 0 Å². The number of aliphatic imine (C=N–C) groups is 1. The monoisotopic (exact) mass is 151 g/mol. The Morgan fingerprint density at radius 2 is 2.00 bits per heavy atom. The van der Waals surface area contributed by atoms with Gasteiger partial charge in [-0.05, 0) is 25.3 Å². The molecule has 0 radical (unpaired) electrons. The first-order chi connectivity index (χ1) is 5.31. The van der Waals surface area contributed by atoms with Gasteiger partial charge < -0.3 is 0 Å². The van der Waals surface area contributed by atoms with E-state index < -0.39 is 0 Å². The Balaban J connectivity index is 3.73. The molecule has 0 unspecified atom stereocenters. The Labute approximate surface area is 69.5 Å². The van der Waals surface area contributed by atoms with Crippen molar-refractivity contribution in [3.63, 3.8) is 0 Å². The Morgan fingerprint density at radius 3 is 2.55 bits per heavy atom. The van der Waals surface area contributed by atoms with Crippen LogP contribution in [0.5, 0.6) is 0 Å². The number of allylic oxidation sites excluding steroid dienone is 3. The second-order valence-corrected chi connectivity index (χ2v) is 2.43. The van der Waals surface area contributed by atoms with Gasteiger partial charge in [0.05, 0.1) is 0 Å². The summed E-state index contributed by atoms with van der Waals surface area (Å²) in [6.45, 7) is 6.28. The molecule has 11 heavy (non-hydrogen) atoms. The highest BCUT2D eigenvalue weighted by atomic mass is 14.7. The Bertz CT molecular complexity index is 164. The minimum Gasteiger partial charge on any atom is -0.265 e. The lowest BCUT2D eigenvalue weighted by molar-refractivity contribution is 1.20. The molecule has 62 valence electrons. The lowest BCUT2D eigenvalue weighted by Crippen LogP contribution is -1.74. The van der Waals surface area contributed by atoms with Crippen molar-refractivity contribution in [2.24, 2.45) is 4.99 Å². The Kier molecular flexibility index (Phi) is 6.70. The van der Waals surface area contributed by atoms with Gasteiger partial charge >= 0.3 is 0 Å². The van der Waals surface area contributed by atoms with Crippen molar-refractivity contribution >= 4 is 6.21 Å². The quantitative estimate of drug-likeness (QED) is 0.546. The summed E-state index contributed by atoms with van der Waals surface area (Å²) < 4.78 is 0. The van der Waals surface area contributed by atoms with Crippen LogP contribution in [0.4, 0.5) is 0 Å². The van der Waals surface area contributed by atoms with E-state index in [-0.39, 0.29) is 0 Å². The van der Waals surface area contributed by atoms with E-state index in [4.69, 9.17) is 0 Å². The summed E-state index contributed by atoms with van der Waals surface area (Å²) in [6.07, 6.45) is 10.0. The molecule has 0 aromatic rings. The Morgan fingerprint density at radius 1 is 1.27 bits per heavy atom. The SMILES string of the molecule is CC\C=C/N=C\C(C)=C/CC. The predicted molar refractivity (Wildman–Crippen MR) is 52.0 cm³/mol. The van der Waals surface area contributed by atoms with Gasteiger partial charge in [0.2, 0.25) is 0 Å². The van der Waals surface area contributed by atoms with Crippen molar-refractivity contribution in [3.05, 3.63) is 23.9 Å². The molecule has 1 heteroatoms. The third kappa shape index (κ3) is 7.04. The van der Waals surface area contributed by atoms with Crippen LogP contribution in [0.2, 0.25) is 0 Å². The van der Waals surface area contributed by atoms with E-state index in [9.17, 15) is 0 Å². The molecule has 0 aromatic heterocycles. The molecule has 0 spiro atoms. The van der Waals surface area contributed by atoms with Gasteiger partial charge in [0.15, 0.2) is 0 Å². The maximum atomic E-state index is 4.11. The van der Waals surface area contributed by atoms with E-state index in [1.807, 2.05) is 18.5 Å². The van der Waals surface area contributed by atoms with Crippen LogP contribution in [0.1, 0.15) is 33.6 Å². The minimum atomic E-state index is 1.05. The van der Waals surface area contributed by atoms with Crippen LogP contribution in [0.25, 0.3) is 0 Å². The second-order valence-electron chi connectivity index (χ2n) is 2.43. The summed E-state index contributed by atoms with van der Waals surface area (Å²) in [5, 5.41) is 0. The normalized spacial score (nSPS) is 13.5. The highest BCUT2D eigenvalue weighted by molar-refractivity contribution is 5.77. The molecule has 0 atom stereocenters. The molecule has 0 aromatic carbocycles. The molecule has 1 nitrogen and oxygen atoms in total. The fraction of sp³-hybridized carbons (Fsp3) is 0.500. The van der Waals surface area contributed by atoms with Gasteiger partial charge in [0.25, 0.3) is 0 Å². The molecular formula is C10H17N. The zero-order valence-electron chi connectivity index (χ0n) is 7.67. The van der Waals surface area contributed by atoms with Crippen molar-refractivity contribution in [3.8, 4) is 0 Å². The highest BCUT2D eigenvalue weighted by Gasteiger charge is 1.76. The van der Waals surface area contributed by atoms with Gasteiger partial charge in [-0.3, -0.25) is 4.99 Å². The van der Waals surface area contributed by atoms with Crippen LogP contribution in [-0.2, 0) is 0 Å². The summed E-state index contributed by atoms with van der Waals surface area (Å²) in [5.74, 6) is 0. The van der Waals surface area contributed by atoms with Crippen molar-refractivity contribution in [1.82, 2.24) is 0 Å². The van der Waals surface area contributed by atoms with Crippen LogP contribution in [0.15, 0.2) is 28.9 Å². The summed E-state index contributed by atoms with van der Waals surface area (Å²) in [7, 11) is 0. The summed E-state index contributed by atoms with van der Waals surface area (Å²) in [6, 6.07) is 0. The van der Waals surface area contributed by atoms with Gasteiger partial charge in [-0.2, -0.15) is 0 Å². The minimum absolute atomic E-state index is 1.05. The van der Waals surface area contributed by atoms with Crippen LogP contribution in [0, 0.1) is 0 Å². The number of hydrogen-bond donors (Lipinski definition) is 0. The molecule has 0 rings (SSSR count). The summed E-state index contributed by atoms with van der Waals surface area (Å²) in [5.41, 5.74) is 1.23. The molecule has 0 N–H and O–H groups in total. The molecule has 0 aliphatic heterocycles. The van der Waals surface area contributed by atoms with Crippen LogP contribution < -0.4 is 0 Å². The summed E-state index contributed by atoms with van der Waals surface area (Å²) >= 11 is 0. The van der Waals surface area contributed by atoms with Crippen molar-refractivity contribution < 1.29 is 0 Å². The molecule has 0 saturated heterocycles. The molecule has 0 heterocycles. The molecule has 0 aliphatic rings. The largest absolute Gasteiger partial charge is 0.265 e. The first-order valence-electron chi connectivity index (χ1n) is 4.16. The van der Waals surface area contributed by atoms with Gasteiger partial charge in [-0.25, -0.2) is 0 Å². The van der Waals surface area contributed by atoms with Crippen LogP contribution in [-0.4, -0.2) is 6.21 Å². The maximum Gasteiger partial charge on any atom is 0.0293 e. The summed E-state index contributed by atoms with van der Waals surface area (Å²) in [4.78, 5) is 4.11. The van der Waals surface area contributed by atoms with E-state index in [1.54, 1.807) is 0 Å². The fourth-order valence-electron chi connectivity index (χ4n) is 0.702. The van der Waals surface area contributed by atoms with E-state index in [1.165, 1.54) is 5.57 Å². The van der Waals surface area contributed by atoms with E-state index in [0.717, 1.165) is 12.8 Å². The van der Waals surface area contributed by atoms with Crippen molar-refractivity contribution in [2.45, 2.75) is 33.6 Å². The first-order valence-corrected chi connectivity index (χ1v) is 4.16.